The Balaban J connectivity index is 2.35. The highest BCUT2D eigenvalue weighted by Gasteiger charge is 2.11. The van der Waals surface area contributed by atoms with Crippen molar-refractivity contribution < 1.29 is 9.53 Å². The predicted octanol–water partition coefficient (Wildman–Crippen LogP) is 3.50. The van der Waals surface area contributed by atoms with Crippen molar-refractivity contribution in [3.05, 3.63) is 46.1 Å². The standard InChI is InChI=1S/C13H11Cl2N3O2/c1-20-13(19)11-5-3-9(16)12(18-11)17-10-4-2-7(14)6-8(10)15/h2-6H,16H2,1H3,(H,17,18). The van der Waals surface area contributed by atoms with Crippen molar-refractivity contribution in [2.75, 3.05) is 18.2 Å². The van der Waals surface area contributed by atoms with Gasteiger partial charge in [-0.3, -0.25) is 0 Å². The first-order valence-electron chi connectivity index (χ1n) is 5.58. The Morgan fingerprint density at radius 1 is 1.30 bits per heavy atom. The average molecular weight is 312 g/mol. The van der Waals surface area contributed by atoms with E-state index in [4.69, 9.17) is 28.9 Å². The third-order valence-corrected chi connectivity index (χ3v) is 3.05. The van der Waals surface area contributed by atoms with Crippen LogP contribution in [0, 0.1) is 0 Å². The first-order chi connectivity index (χ1) is 9.51. The zero-order chi connectivity index (χ0) is 14.7. The summed E-state index contributed by atoms with van der Waals surface area (Å²) in [6, 6.07) is 8.00. The summed E-state index contributed by atoms with van der Waals surface area (Å²) < 4.78 is 4.61. The van der Waals surface area contributed by atoms with E-state index in [9.17, 15) is 4.79 Å². The number of carbonyl (C=O) groups excluding carboxylic acids is 1. The number of pyridine rings is 1. The molecule has 104 valence electrons. The molecule has 20 heavy (non-hydrogen) atoms. The summed E-state index contributed by atoms with van der Waals surface area (Å²) in [4.78, 5) is 15.5. The van der Waals surface area contributed by atoms with Crippen LogP contribution in [0.4, 0.5) is 17.2 Å². The van der Waals surface area contributed by atoms with Crippen LogP contribution in [0.5, 0.6) is 0 Å². The summed E-state index contributed by atoms with van der Waals surface area (Å²) in [7, 11) is 1.28. The number of esters is 1. The number of ether oxygens (including phenoxy) is 1. The van der Waals surface area contributed by atoms with E-state index in [-0.39, 0.29) is 5.69 Å². The molecule has 0 unspecified atom stereocenters. The van der Waals surface area contributed by atoms with Crippen molar-refractivity contribution in [3.8, 4) is 0 Å². The predicted molar refractivity (Wildman–Crippen MR) is 79.7 cm³/mol. The number of nitrogens with two attached hydrogens (primary N) is 1. The van der Waals surface area contributed by atoms with Gasteiger partial charge in [-0.1, -0.05) is 23.2 Å². The lowest BCUT2D eigenvalue weighted by atomic mass is 10.3. The molecular weight excluding hydrogens is 301 g/mol. The number of hydrogen-bond acceptors (Lipinski definition) is 5. The summed E-state index contributed by atoms with van der Waals surface area (Å²) in [5.41, 5.74) is 6.92. The number of rotatable bonds is 3. The third kappa shape index (κ3) is 3.12. The fraction of sp³-hybridized carbons (Fsp3) is 0.0769. The minimum Gasteiger partial charge on any atom is -0.464 e. The zero-order valence-corrected chi connectivity index (χ0v) is 12.0. The summed E-state index contributed by atoms with van der Waals surface area (Å²) >= 11 is 11.9. The van der Waals surface area contributed by atoms with Crippen LogP contribution in [0.1, 0.15) is 10.5 Å². The second-order valence-corrected chi connectivity index (χ2v) is 4.72. The van der Waals surface area contributed by atoms with Gasteiger partial charge in [-0.05, 0) is 30.3 Å². The van der Waals surface area contributed by atoms with E-state index in [1.807, 2.05) is 0 Å². The van der Waals surface area contributed by atoms with Gasteiger partial charge < -0.3 is 15.8 Å². The molecule has 0 aliphatic heterocycles. The van der Waals surface area contributed by atoms with Crippen molar-refractivity contribution >= 4 is 46.4 Å². The summed E-state index contributed by atoms with van der Waals surface area (Å²) in [6.07, 6.45) is 0. The number of hydrogen-bond donors (Lipinski definition) is 2. The molecule has 0 saturated carbocycles. The second-order valence-electron chi connectivity index (χ2n) is 3.88. The van der Waals surface area contributed by atoms with Gasteiger partial charge in [-0.25, -0.2) is 9.78 Å². The van der Waals surface area contributed by atoms with Gasteiger partial charge in [0, 0.05) is 5.02 Å². The normalized spacial score (nSPS) is 10.2. The molecule has 0 aliphatic rings. The van der Waals surface area contributed by atoms with Crippen LogP contribution >= 0.6 is 23.2 Å². The monoisotopic (exact) mass is 311 g/mol. The maximum atomic E-state index is 11.4. The highest BCUT2D eigenvalue weighted by Crippen LogP contribution is 2.29. The molecule has 0 bridgehead atoms. The third-order valence-electron chi connectivity index (χ3n) is 2.51. The van der Waals surface area contributed by atoms with Crippen molar-refractivity contribution in [3.63, 3.8) is 0 Å². The Morgan fingerprint density at radius 3 is 2.70 bits per heavy atom. The van der Waals surface area contributed by atoms with Crippen LogP contribution in [0.3, 0.4) is 0 Å². The first kappa shape index (κ1) is 14.4. The minimum atomic E-state index is -0.546. The zero-order valence-electron chi connectivity index (χ0n) is 10.5. The Morgan fingerprint density at radius 2 is 2.05 bits per heavy atom. The lowest BCUT2D eigenvalue weighted by Crippen LogP contribution is -2.08. The molecular formula is C13H11Cl2N3O2. The molecule has 3 N–H and O–H groups in total. The molecule has 0 radical (unpaired) electrons. The summed E-state index contributed by atoms with van der Waals surface area (Å²) in [5, 5.41) is 3.89. The van der Waals surface area contributed by atoms with E-state index in [1.165, 1.54) is 13.2 Å². The minimum absolute atomic E-state index is 0.147. The molecule has 0 fully saturated rings. The molecule has 0 amide bonds. The number of anilines is 3. The molecule has 0 aliphatic carbocycles. The molecule has 1 heterocycles. The number of nitrogen functional groups attached to an aromatic ring is 1. The van der Waals surface area contributed by atoms with Crippen LogP contribution in [0.15, 0.2) is 30.3 Å². The smallest absolute Gasteiger partial charge is 0.356 e. The number of benzene rings is 1. The van der Waals surface area contributed by atoms with Crippen molar-refractivity contribution in [2.24, 2.45) is 0 Å². The number of methoxy groups -OCH3 is 1. The molecule has 7 heteroatoms. The molecule has 2 aromatic rings. The van der Waals surface area contributed by atoms with E-state index >= 15 is 0 Å². The molecule has 5 nitrogen and oxygen atoms in total. The van der Waals surface area contributed by atoms with E-state index in [2.05, 4.69) is 15.0 Å². The van der Waals surface area contributed by atoms with Crippen LogP contribution < -0.4 is 11.1 Å². The van der Waals surface area contributed by atoms with Gasteiger partial charge in [0.05, 0.1) is 23.5 Å². The highest BCUT2D eigenvalue weighted by molar-refractivity contribution is 6.36. The van der Waals surface area contributed by atoms with Gasteiger partial charge in [-0.15, -0.1) is 0 Å². The molecule has 1 aromatic carbocycles. The fourth-order valence-electron chi connectivity index (χ4n) is 1.51. The van der Waals surface area contributed by atoms with Gasteiger partial charge in [0.25, 0.3) is 0 Å². The van der Waals surface area contributed by atoms with Crippen LogP contribution in [0.25, 0.3) is 0 Å². The Hall–Kier alpha value is -1.98. The van der Waals surface area contributed by atoms with E-state index in [0.29, 0.717) is 27.2 Å². The largest absolute Gasteiger partial charge is 0.464 e. The number of nitrogens with zero attached hydrogens (tertiary/aromatic N) is 1. The fourth-order valence-corrected chi connectivity index (χ4v) is 1.96. The number of aromatic nitrogens is 1. The van der Waals surface area contributed by atoms with Crippen molar-refractivity contribution in [2.45, 2.75) is 0 Å². The van der Waals surface area contributed by atoms with Crippen LogP contribution in [0.2, 0.25) is 10.0 Å². The molecule has 0 spiro atoms. The SMILES string of the molecule is COC(=O)c1ccc(N)c(Nc2ccc(Cl)cc2Cl)n1. The Kier molecular flexibility index (Phi) is 4.32. The van der Waals surface area contributed by atoms with Crippen molar-refractivity contribution in [1.82, 2.24) is 4.98 Å². The number of halogens is 2. The molecule has 2 rings (SSSR count). The molecule has 0 atom stereocenters. The number of nitrogens with one attached hydrogen (secondary N) is 1. The highest BCUT2D eigenvalue weighted by atomic mass is 35.5. The van der Waals surface area contributed by atoms with Gasteiger partial charge in [0.1, 0.15) is 0 Å². The Labute approximate surface area is 125 Å². The van der Waals surface area contributed by atoms with E-state index in [1.54, 1.807) is 24.3 Å². The van der Waals surface area contributed by atoms with Gasteiger partial charge >= 0.3 is 5.97 Å². The maximum absolute atomic E-state index is 11.4. The lowest BCUT2D eigenvalue weighted by Gasteiger charge is -2.11. The molecule has 0 saturated heterocycles. The first-order valence-corrected chi connectivity index (χ1v) is 6.33. The topological polar surface area (TPSA) is 77.2 Å². The Bertz CT molecular complexity index is 662. The summed E-state index contributed by atoms with van der Waals surface area (Å²) in [6.45, 7) is 0. The quantitative estimate of drug-likeness (QED) is 0.848. The lowest BCUT2D eigenvalue weighted by molar-refractivity contribution is 0.0594. The maximum Gasteiger partial charge on any atom is 0.356 e. The number of carbonyl (C=O) groups is 1. The van der Waals surface area contributed by atoms with Crippen molar-refractivity contribution in [1.29, 1.82) is 0 Å². The molecule has 1 aromatic heterocycles. The van der Waals surface area contributed by atoms with Crippen LogP contribution in [-0.4, -0.2) is 18.1 Å². The van der Waals surface area contributed by atoms with Gasteiger partial charge in [0.2, 0.25) is 0 Å². The average Bonchev–Trinajstić information content (AvgIpc) is 2.43. The second kappa shape index (κ2) is 5.98. The van der Waals surface area contributed by atoms with E-state index < -0.39 is 5.97 Å². The van der Waals surface area contributed by atoms with Crippen LogP contribution in [-0.2, 0) is 4.74 Å². The van der Waals surface area contributed by atoms with Gasteiger partial charge in [0.15, 0.2) is 11.5 Å². The van der Waals surface area contributed by atoms with Gasteiger partial charge in [-0.2, -0.15) is 0 Å². The summed E-state index contributed by atoms with van der Waals surface area (Å²) in [5.74, 6) is -0.229. The van der Waals surface area contributed by atoms with E-state index in [0.717, 1.165) is 0 Å².